The number of aromatic nitrogens is 7. The number of nitrogens with zero attached hydrogens (tertiary/aromatic N) is 6. The highest BCUT2D eigenvalue weighted by atomic mass is 32.1. The maximum Gasteiger partial charge on any atom is 0.176 e. The third-order valence-corrected chi connectivity index (χ3v) is 4.27. The van der Waals surface area contributed by atoms with Gasteiger partial charge in [0, 0.05) is 30.1 Å². The van der Waals surface area contributed by atoms with Crippen LogP contribution in [-0.2, 0) is 13.0 Å². The maximum atomic E-state index is 4.61. The summed E-state index contributed by atoms with van der Waals surface area (Å²) in [6.07, 6.45) is 4.34. The van der Waals surface area contributed by atoms with Crippen LogP contribution < -0.4 is 0 Å². The lowest BCUT2D eigenvalue weighted by atomic mass is 10.1. The number of nitrogens with one attached hydrogen (secondary N) is 1. The van der Waals surface area contributed by atoms with Crippen LogP contribution in [0.25, 0.3) is 22.0 Å². The Kier molecular flexibility index (Phi) is 3.65. The summed E-state index contributed by atoms with van der Waals surface area (Å²) < 4.78 is 2.09. The summed E-state index contributed by atoms with van der Waals surface area (Å²) in [6, 6.07) is 10.1. The second kappa shape index (κ2) is 6.09. The average molecular weight is 323 g/mol. The van der Waals surface area contributed by atoms with E-state index >= 15 is 0 Å². The highest BCUT2D eigenvalue weighted by molar-refractivity contribution is 7.13. The van der Waals surface area contributed by atoms with Crippen LogP contribution in [0, 0.1) is 0 Å². The Labute approximate surface area is 136 Å². The minimum atomic E-state index is 0.680. The van der Waals surface area contributed by atoms with E-state index in [2.05, 4.69) is 47.3 Å². The first-order valence-corrected chi connectivity index (χ1v) is 8.02. The van der Waals surface area contributed by atoms with E-state index in [0.29, 0.717) is 18.8 Å². The number of aryl methyl sites for hydroxylation is 2. The smallest absolute Gasteiger partial charge is 0.176 e. The van der Waals surface area contributed by atoms with Gasteiger partial charge in [0.05, 0.1) is 12.0 Å². The number of thiazole rings is 1. The Bertz CT molecular complexity index is 866. The summed E-state index contributed by atoms with van der Waals surface area (Å²) in [6.45, 7) is 0.717. The Morgan fingerprint density at radius 3 is 2.78 bits per heavy atom. The lowest BCUT2D eigenvalue weighted by molar-refractivity contribution is 0.677. The van der Waals surface area contributed by atoms with Gasteiger partial charge < -0.3 is 4.57 Å². The van der Waals surface area contributed by atoms with E-state index in [1.165, 1.54) is 0 Å². The molecule has 3 aromatic heterocycles. The van der Waals surface area contributed by atoms with Crippen molar-refractivity contribution in [1.29, 1.82) is 0 Å². The van der Waals surface area contributed by atoms with E-state index in [1.54, 1.807) is 11.3 Å². The number of rotatable bonds is 5. The molecule has 114 valence electrons. The SMILES string of the molecule is c1ccc(-c2ncn(CCc3nn[nH]n3)c2-c2nccs2)cc1. The van der Waals surface area contributed by atoms with Crippen LogP contribution in [0.2, 0.25) is 0 Å². The first-order valence-electron chi connectivity index (χ1n) is 7.14. The van der Waals surface area contributed by atoms with Crippen molar-refractivity contribution < 1.29 is 0 Å². The maximum absolute atomic E-state index is 4.61. The predicted molar refractivity (Wildman–Crippen MR) is 86.7 cm³/mol. The molecular weight excluding hydrogens is 310 g/mol. The molecule has 0 aliphatic heterocycles. The fraction of sp³-hybridized carbons (Fsp3) is 0.133. The zero-order valence-electron chi connectivity index (χ0n) is 12.1. The summed E-state index contributed by atoms with van der Waals surface area (Å²) in [4.78, 5) is 9.07. The molecule has 8 heteroatoms. The largest absolute Gasteiger partial charge is 0.328 e. The Morgan fingerprint density at radius 1 is 1.13 bits per heavy atom. The predicted octanol–water partition coefficient (Wildman–Crippen LogP) is 2.43. The molecule has 0 aliphatic rings. The van der Waals surface area contributed by atoms with Crippen molar-refractivity contribution in [1.82, 2.24) is 35.2 Å². The monoisotopic (exact) mass is 323 g/mol. The molecule has 7 nitrogen and oxygen atoms in total. The molecular formula is C15H13N7S. The van der Waals surface area contributed by atoms with Crippen molar-refractivity contribution in [3.63, 3.8) is 0 Å². The van der Waals surface area contributed by atoms with Crippen molar-refractivity contribution >= 4 is 11.3 Å². The van der Waals surface area contributed by atoms with Gasteiger partial charge in [-0.25, -0.2) is 9.97 Å². The fourth-order valence-corrected chi connectivity index (χ4v) is 3.13. The Hall–Kier alpha value is -2.87. The van der Waals surface area contributed by atoms with Gasteiger partial charge in [-0.1, -0.05) is 35.5 Å². The van der Waals surface area contributed by atoms with Gasteiger partial charge in [-0.05, 0) is 0 Å². The van der Waals surface area contributed by atoms with Gasteiger partial charge in [0.1, 0.15) is 10.7 Å². The van der Waals surface area contributed by atoms with Crippen LogP contribution in [-0.4, -0.2) is 35.2 Å². The summed E-state index contributed by atoms with van der Waals surface area (Å²) in [5, 5.41) is 17.0. The molecule has 0 unspecified atom stereocenters. The quantitative estimate of drug-likeness (QED) is 0.609. The van der Waals surface area contributed by atoms with Crippen LogP contribution in [0.4, 0.5) is 0 Å². The average Bonchev–Trinajstić information content (AvgIpc) is 3.34. The minimum absolute atomic E-state index is 0.680. The van der Waals surface area contributed by atoms with Gasteiger partial charge in [-0.3, -0.25) is 0 Å². The first kappa shape index (κ1) is 13.8. The standard InChI is InChI=1S/C15H13N7S/c1-2-4-11(5-3-1)13-14(15-16-7-9-23-15)22(10-17-13)8-6-12-18-20-21-19-12/h1-5,7,9-10H,6,8H2,(H,18,19,20,21). The van der Waals surface area contributed by atoms with Gasteiger partial charge in [0.25, 0.3) is 0 Å². The molecule has 1 N–H and O–H groups in total. The zero-order valence-corrected chi connectivity index (χ0v) is 12.9. The molecule has 3 heterocycles. The first-order chi connectivity index (χ1) is 11.4. The molecule has 1 aromatic carbocycles. The van der Waals surface area contributed by atoms with Crippen molar-refractivity contribution in [2.24, 2.45) is 0 Å². The molecule has 0 radical (unpaired) electrons. The second-order valence-corrected chi connectivity index (χ2v) is 5.81. The molecule has 4 rings (SSSR count). The van der Waals surface area contributed by atoms with Crippen LogP contribution in [0.3, 0.4) is 0 Å². The normalized spacial score (nSPS) is 11.0. The molecule has 23 heavy (non-hydrogen) atoms. The molecule has 0 amide bonds. The Balaban J connectivity index is 1.73. The highest BCUT2D eigenvalue weighted by Crippen LogP contribution is 2.32. The highest BCUT2D eigenvalue weighted by Gasteiger charge is 2.17. The van der Waals surface area contributed by atoms with Gasteiger partial charge in [-0.2, -0.15) is 5.21 Å². The zero-order chi connectivity index (χ0) is 15.5. The van der Waals surface area contributed by atoms with E-state index in [0.717, 1.165) is 22.0 Å². The molecule has 0 spiro atoms. The van der Waals surface area contributed by atoms with Crippen LogP contribution >= 0.6 is 11.3 Å². The molecule has 0 fully saturated rings. The van der Waals surface area contributed by atoms with Gasteiger partial charge in [0.15, 0.2) is 5.82 Å². The summed E-state index contributed by atoms with van der Waals surface area (Å²) >= 11 is 1.61. The number of benzene rings is 1. The number of imidazole rings is 1. The van der Waals surface area contributed by atoms with Crippen molar-refractivity contribution in [2.45, 2.75) is 13.0 Å². The third kappa shape index (κ3) is 2.76. The van der Waals surface area contributed by atoms with Crippen molar-refractivity contribution in [2.75, 3.05) is 0 Å². The third-order valence-electron chi connectivity index (χ3n) is 3.49. The topological polar surface area (TPSA) is 85.2 Å². The fourth-order valence-electron chi connectivity index (χ4n) is 2.43. The van der Waals surface area contributed by atoms with E-state index in [-0.39, 0.29) is 0 Å². The van der Waals surface area contributed by atoms with Crippen molar-refractivity contribution in [3.05, 3.63) is 54.1 Å². The minimum Gasteiger partial charge on any atom is -0.328 e. The molecule has 0 bridgehead atoms. The number of H-pyrrole nitrogens is 1. The number of hydrogen-bond acceptors (Lipinski definition) is 6. The number of tetrazole rings is 1. The number of aromatic amines is 1. The summed E-state index contributed by atoms with van der Waals surface area (Å²) in [5.74, 6) is 0.685. The van der Waals surface area contributed by atoms with Crippen LogP contribution in [0.15, 0.2) is 48.2 Å². The second-order valence-electron chi connectivity index (χ2n) is 4.92. The number of hydrogen-bond donors (Lipinski definition) is 1. The van der Waals surface area contributed by atoms with Crippen LogP contribution in [0.1, 0.15) is 5.82 Å². The lowest BCUT2D eigenvalue weighted by Crippen LogP contribution is -2.03. The molecule has 0 aliphatic carbocycles. The van der Waals surface area contributed by atoms with Crippen LogP contribution in [0.5, 0.6) is 0 Å². The summed E-state index contributed by atoms with van der Waals surface area (Å²) in [5.41, 5.74) is 3.04. The van der Waals surface area contributed by atoms with Gasteiger partial charge >= 0.3 is 0 Å². The van der Waals surface area contributed by atoms with Gasteiger partial charge in [0.2, 0.25) is 0 Å². The van der Waals surface area contributed by atoms with E-state index in [1.807, 2.05) is 36.1 Å². The molecule has 0 saturated heterocycles. The van der Waals surface area contributed by atoms with E-state index < -0.39 is 0 Å². The molecule has 0 saturated carbocycles. The Morgan fingerprint density at radius 2 is 2.04 bits per heavy atom. The lowest BCUT2D eigenvalue weighted by Gasteiger charge is -2.07. The van der Waals surface area contributed by atoms with Gasteiger partial charge in [-0.15, -0.1) is 21.5 Å². The summed E-state index contributed by atoms with van der Waals surface area (Å²) in [7, 11) is 0. The van der Waals surface area contributed by atoms with Crippen molar-refractivity contribution in [3.8, 4) is 22.0 Å². The van der Waals surface area contributed by atoms with E-state index in [4.69, 9.17) is 0 Å². The molecule has 0 atom stereocenters. The molecule has 4 aromatic rings. The van der Waals surface area contributed by atoms with E-state index in [9.17, 15) is 0 Å².